The van der Waals surface area contributed by atoms with Crippen molar-refractivity contribution in [2.45, 2.75) is 19.4 Å². The average molecular weight is 252 g/mol. The Bertz CT molecular complexity index is 431. The lowest BCUT2D eigenvalue weighted by Gasteiger charge is -2.25. The van der Waals surface area contributed by atoms with Crippen molar-refractivity contribution in [3.63, 3.8) is 0 Å². The summed E-state index contributed by atoms with van der Waals surface area (Å²) in [5.41, 5.74) is 5.29. The third kappa shape index (κ3) is 2.39. The van der Waals surface area contributed by atoms with Gasteiger partial charge in [0.2, 0.25) is 5.91 Å². The highest BCUT2D eigenvalue weighted by molar-refractivity contribution is 5.83. The van der Waals surface area contributed by atoms with Crippen molar-refractivity contribution in [3.8, 4) is 0 Å². The minimum atomic E-state index is -0.609. The second-order valence-electron chi connectivity index (χ2n) is 5.00. The topological polar surface area (TPSA) is 82.2 Å². The number of aryl methyl sites for hydroxylation is 1. The molecule has 1 saturated heterocycles. The van der Waals surface area contributed by atoms with Crippen LogP contribution < -0.4 is 11.1 Å². The number of hydrogen-bond acceptors (Lipinski definition) is 4. The van der Waals surface area contributed by atoms with Gasteiger partial charge >= 0.3 is 0 Å². The van der Waals surface area contributed by atoms with Gasteiger partial charge in [-0.05, 0) is 6.92 Å². The van der Waals surface area contributed by atoms with E-state index >= 15 is 0 Å². The molecule has 6 heteroatoms. The summed E-state index contributed by atoms with van der Waals surface area (Å²) < 4.78 is 7.21. The number of amides is 1. The van der Waals surface area contributed by atoms with Crippen LogP contribution in [0.5, 0.6) is 0 Å². The van der Waals surface area contributed by atoms with Crippen LogP contribution in [0.25, 0.3) is 0 Å². The SMILES string of the molecule is Cn1ccnc1CCNC(=O)C1(C)COCC1N. The molecule has 0 saturated carbocycles. The predicted octanol–water partition coefficient (Wildman–Crippen LogP) is -0.557. The lowest BCUT2D eigenvalue weighted by Crippen LogP contribution is -2.50. The fourth-order valence-electron chi connectivity index (χ4n) is 2.05. The van der Waals surface area contributed by atoms with Crippen LogP contribution in [0, 0.1) is 5.41 Å². The average Bonchev–Trinajstić information content (AvgIpc) is 2.88. The Morgan fingerprint density at radius 2 is 2.56 bits per heavy atom. The first-order chi connectivity index (χ1) is 8.54. The van der Waals surface area contributed by atoms with Crippen molar-refractivity contribution in [3.05, 3.63) is 18.2 Å². The number of aromatic nitrogens is 2. The van der Waals surface area contributed by atoms with E-state index in [1.807, 2.05) is 24.7 Å². The van der Waals surface area contributed by atoms with Crippen LogP contribution in [0.4, 0.5) is 0 Å². The number of nitrogens with two attached hydrogens (primary N) is 1. The summed E-state index contributed by atoms with van der Waals surface area (Å²) in [6.07, 6.45) is 4.35. The van der Waals surface area contributed by atoms with Crippen molar-refractivity contribution >= 4 is 5.91 Å². The smallest absolute Gasteiger partial charge is 0.229 e. The normalized spacial score (nSPS) is 27.4. The summed E-state index contributed by atoms with van der Waals surface area (Å²) in [5.74, 6) is 0.911. The molecule has 100 valence electrons. The maximum Gasteiger partial charge on any atom is 0.229 e. The molecule has 1 aliphatic rings. The molecule has 0 aromatic carbocycles. The Balaban J connectivity index is 1.84. The first kappa shape index (κ1) is 13.0. The molecule has 2 rings (SSSR count). The standard InChI is InChI=1S/C12H20N4O2/c1-12(8-18-7-9(12)13)11(17)15-4-3-10-14-5-6-16(10)2/h5-6,9H,3-4,7-8,13H2,1-2H3,(H,15,17). The molecule has 6 nitrogen and oxygen atoms in total. The lowest BCUT2D eigenvalue weighted by atomic mass is 9.85. The third-order valence-electron chi connectivity index (χ3n) is 3.59. The van der Waals surface area contributed by atoms with Gasteiger partial charge in [-0.2, -0.15) is 0 Å². The van der Waals surface area contributed by atoms with Crippen molar-refractivity contribution in [1.29, 1.82) is 0 Å². The van der Waals surface area contributed by atoms with Crippen LogP contribution in [0.2, 0.25) is 0 Å². The van der Waals surface area contributed by atoms with E-state index in [9.17, 15) is 4.79 Å². The van der Waals surface area contributed by atoms with Gasteiger partial charge in [0.15, 0.2) is 0 Å². The molecule has 1 aliphatic heterocycles. The molecule has 0 aliphatic carbocycles. The van der Waals surface area contributed by atoms with Crippen LogP contribution in [0.3, 0.4) is 0 Å². The summed E-state index contributed by atoms with van der Waals surface area (Å²) in [6.45, 7) is 3.25. The van der Waals surface area contributed by atoms with Crippen LogP contribution in [0.15, 0.2) is 12.4 Å². The number of ether oxygens (including phenoxy) is 1. The van der Waals surface area contributed by atoms with Gasteiger partial charge in [0.25, 0.3) is 0 Å². The molecule has 2 atom stereocenters. The summed E-state index contributed by atoms with van der Waals surface area (Å²) in [4.78, 5) is 16.3. The summed E-state index contributed by atoms with van der Waals surface area (Å²) in [6, 6.07) is -0.231. The minimum Gasteiger partial charge on any atom is -0.379 e. The van der Waals surface area contributed by atoms with Gasteiger partial charge in [0.05, 0.1) is 18.6 Å². The lowest BCUT2D eigenvalue weighted by molar-refractivity contribution is -0.130. The molecule has 18 heavy (non-hydrogen) atoms. The molecular weight excluding hydrogens is 232 g/mol. The van der Waals surface area contributed by atoms with E-state index in [1.54, 1.807) is 6.20 Å². The van der Waals surface area contributed by atoms with Crippen LogP contribution >= 0.6 is 0 Å². The molecular formula is C12H20N4O2. The van der Waals surface area contributed by atoms with E-state index in [-0.39, 0.29) is 11.9 Å². The molecule has 1 aromatic rings. The Labute approximate surface area is 107 Å². The molecule has 0 radical (unpaired) electrons. The van der Waals surface area contributed by atoms with Gasteiger partial charge < -0.3 is 20.4 Å². The molecule has 3 N–H and O–H groups in total. The van der Waals surface area contributed by atoms with Crippen molar-refractivity contribution in [1.82, 2.24) is 14.9 Å². The minimum absolute atomic E-state index is 0.0401. The van der Waals surface area contributed by atoms with Gasteiger partial charge in [-0.1, -0.05) is 0 Å². The summed E-state index contributed by atoms with van der Waals surface area (Å²) in [7, 11) is 1.94. The fourth-order valence-corrected chi connectivity index (χ4v) is 2.05. The second kappa shape index (κ2) is 5.07. The molecule has 2 heterocycles. The highest BCUT2D eigenvalue weighted by Gasteiger charge is 2.44. The zero-order valence-electron chi connectivity index (χ0n) is 10.8. The van der Waals surface area contributed by atoms with E-state index in [0.29, 0.717) is 26.2 Å². The molecule has 0 spiro atoms. The monoisotopic (exact) mass is 252 g/mol. The summed E-state index contributed by atoms with van der Waals surface area (Å²) in [5, 5.41) is 2.91. The van der Waals surface area contributed by atoms with E-state index < -0.39 is 5.41 Å². The maximum atomic E-state index is 12.1. The molecule has 1 fully saturated rings. The van der Waals surface area contributed by atoms with E-state index in [0.717, 1.165) is 5.82 Å². The molecule has 0 bridgehead atoms. The third-order valence-corrected chi connectivity index (χ3v) is 3.59. The summed E-state index contributed by atoms with van der Waals surface area (Å²) >= 11 is 0. The largest absolute Gasteiger partial charge is 0.379 e. The molecule has 2 unspecified atom stereocenters. The maximum absolute atomic E-state index is 12.1. The highest BCUT2D eigenvalue weighted by Crippen LogP contribution is 2.26. The highest BCUT2D eigenvalue weighted by atomic mass is 16.5. The molecule has 1 aromatic heterocycles. The Morgan fingerprint density at radius 1 is 1.78 bits per heavy atom. The van der Waals surface area contributed by atoms with Crippen molar-refractivity contribution < 1.29 is 9.53 Å². The molecule has 1 amide bonds. The Morgan fingerprint density at radius 3 is 3.11 bits per heavy atom. The predicted molar refractivity (Wildman–Crippen MR) is 66.8 cm³/mol. The van der Waals surface area contributed by atoms with Gasteiger partial charge in [-0.15, -0.1) is 0 Å². The van der Waals surface area contributed by atoms with Gasteiger partial charge in [0.1, 0.15) is 5.82 Å². The van der Waals surface area contributed by atoms with Crippen LogP contribution in [-0.4, -0.2) is 41.3 Å². The number of carbonyl (C=O) groups excluding carboxylic acids is 1. The Hall–Kier alpha value is -1.40. The number of nitrogens with one attached hydrogen (secondary N) is 1. The number of rotatable bonds is 4. The zero-order valence-corrected chi connectivity index (χ0v) is 10.8. The second-order valence-corrected chi connectivity index (χ2v) is 5.00. The van der Waals surface area contributed by atoms with Gasteiger partial charge in [0, 0.05) is 38.4 Å². The van der Waals surface area contributed by atoms with E-state index in [2.05, 4.69) is 10.3 Å². The van der Waals surface area contributed by atoms with Crippen molar-refractivity contribution in [2.75, 3.05) is 19.8 Å². The van der Waals surface area contributed by atoms with Crippen LogP contribution in [-0.2, 0) is 23.0 Å². The first-order valence-corrected chi connectivity index (χ1v) is 6.12. The Kier molecular flexibility index (Phi) is 3.68. The fraction of sp³-hybridized carbons (Fsp3) is 0.667. The number of hydrogen-bond donors (Lipinski definition) is 2. The number of imidazole rings is 1. The van der Waals surface area contributed by atoms with Crippen LogP contribution in [0.1, 0.15) is 12.7 Å². The number of carbonyl (C=O) groups is 1. The van der Waals surface area contributed by atoms with Crippen molar-refractivity contribution in [2.24, 2.45) is 18.2 Å². The number of nitrogens with zero attached hydrogens (tertiary/aromatic N) is 2. The van der Waals surface area contributed by atoms with Gasteiger partial charge in [-0.25, -0.2) is 4.98 Å². The first-order valence-electron chi connectivity index (χ1n) is 6.12. The van der Waals surface area contributed by atoms with Gasteiger partial charge in [-0.3, -0.25) is 4.79 Å². The van der Waals surface area contributed by atoms with E-state index in [1.165, 1.54) is 0 Å². The quantitative estimate of drug-likeness (QED) is 0.753. The zero-order chi connectivity index (χ0) is 13.2. The van der Waals surface area contributed by atoms with E-state index in [4.69, 9.17) is 10.5 Å².